The minimum atomic E-state index is -0.284. The molecule has 0 bridgehead atoms. The smallest absolute Gasteiger partial charge is 0.287 e. The van der Waals surface area contributed by atoms with Gasteiger partial charge in [-0.25, -0.2) is 4.68 Å². The Morgan fingerprint density at radius 3 is 3.05 bits per heavy atom. The van der Waals surface area contributed by atoms with Crippen molar-refractivity contribution in [2.24, 2.45) is 13.0 Å². The maximum Gasteiger partial charge on any atom is 0.287 e. The lowest BCUT2D eigenvalue weighted by Gasteiger charge is -2.34. The summed E-state index contributed by atoms with van der Waals surface area (Å²) in [5.74, 6) is 0.350. The first-order chi connectivity index (χ1) is 9.49. The molecular formula is C13H19ClN4O2. The molecule has 1 aliphatic heterocycles. The molecule has 0 aromatic carbocycles. The normalized spacial score (nSPS) is 18.9. The maximum atomic E-state index is 11.8. The number of hydrogen-bond acceptors (Lipinski definition) is 4. The van der Waals surface area contributed by atoms with Crippen LogP contribution in [-0.4, -0.2) is 35.3 Å². The molecule has 1 amide bonds. The number of piperidine rings is 1. The van der Waals surface area contributed by atoms with E-state index in [2.05, 4.69) is 15.3 Å². The van der Waals surface area contributed by atoms with Crippen LogP contribution < -0.4 is 15.8 Å². The number of rotatable bonds is 3. The van der Waals surface area contributed by atoms with Gasteiger partial charge in [-0.3, -0.25) is 9.59 Å². The molecule has 0 aliphatic carbocycles. The second-order valence-corrected chi connectivity index (χ2v) is 5.54. The van der Waals surface area contributed by atoms with Gasteiger partial charge in [0.05, 0.1) is 11.9 Å². The van der Waals surface area contributed by atoms with Gasteiger partial charge in [0, 0.05) is 33.6 Å². The molecule has 1 unspecified atom stereocenters. The van der Waals surface area contributed by atoms with Crippen molar-refractivity contribution in [3.63, 3.8) is 0 Å². The van der Waals surface area contributed by atoms with E-state index in [1.165, 1.54) is 11.6 Å². The Morgan fingerprint density at radius 2 is 2.35 bits per heavy atom. The number of nitrogens with zero attached hydrogens (tertiary/aromatic N) is 3. The Kier molecular flexibility index (Phi) is 4.65. The zero-order valence-electron chi connectivity index (χ0n) is 11.7. The number of nitrogens with one attached hydrogen (secondary N) is 1. The first-order valence-electron chi connectivity index (χ1n) is 6.70. The van der Waals surface area contributed by atoms with Crippen molar-refractivity contribution in [2.75, 3.05) is 24.5 Å². The van der Waals surface area contributed by atoms with E-state index >= 15 is 0 Å². The van der Waals surface area contributed by atoms with Crippen LogP contribution in [0.5, 0.6) is 0 Å². The van der Waals surface area contributed by atoms with E-state index in [9.17, 15) is 9.59 Å². The predicted octanol–water partition coefficient (Wildman–Crippen LogP) is 0.786. The van der Waals surface area contributed by atoms with Crippen LogP contribution in [0.4, 0.5) is 5.69 Å². The summed E-state index contributed by atoms with van der Waals surface area (Å²) in [6.45, 7) is 3.80. The minimum Gasteiger partial charge on any atom is -0.369 e. The average molecular weight is 299 g/mol. The Hall–Kier alpha value is -1.56. The molecule has 7 heteroatoms. The van der Waals surface area contributed by atoms with Crippen molar-refractivity contribution in [2.45, 2.75) is 19.8 Å². The highest BCUT2D eigenvalue weighted by Gasteiger charge is 2.23. The van der Waals surface area contributed by atoms with Crippen molar-refractivity contribution in [1.29, 1.82) is 0 Å². The monoisotopic (exact) mass is 298 g/mol. The van der Waals surface area contributed by atoms with E-state index in [-0.39, 0.29) is 16.5 Å². The van der Waals surface area contributed by atoms with Crippen LogP contribution in [-0.2, 0) is 11.8 Å². The molecule has 1 N–H and O–H groups in total. The molecule has 2 heterocycles. The Bertz CT molecular complexity index is 558. The van der Waals surface area contributed by atoms with Gasteiger partial charge in [0.15, 0.2) is 0 Å². The molecule has 6 nitrogen and oxygen atoms in total. The summed E-state index contributed by atoms with van der Waals surface area (Å²) in [6, 6.07) is 0. The molecule has 0 radical (unpaired) electrons. The second kappa shape index (κ2) is 6.26. The van der Waals surface area contributed by atoms with E-state index in [1.54, 1.807) is 13.2 Å². The largest absolute Gasteiger partial charge is 0.369 e. The molecule has 0 saturated carbocycles. The SMILES string of the molecule is CC(=O)NCC1CCCN(c2cnn(C)c(=O)c2Cl)C1. The Balaban J connectivity index is 2.11. The average Bonchev–Trinajstić information content (AvgIpc) is 2.43. The lowest BCUT2D eigenvalue weighted by atomic mass is 9.97. The van der Waals surface area contributed by atoms with Crippen molar-refractivity contribution >= 4 is 23.2 Å². The van der Waals surface area contributed by atoms with E-state index in [1.807, 2.05) is 0 Å². The third-order valence-electron chi connectivity index (χ3n) is 3.56. The molecule has 20 heavy (non-hydrogen) atoms. The highest BCUT2D eigenvalue weighted by atomic mass is 35.5. The van der Waals surface area contributed by atoms with Crippen LogP contribution in [0.1, 0.15) is 19.8 Å². The molecule has 0 spiro atoms. The zero-order chi connectivity index (χ0) is 14.7. The number of carbonyl (C=O) groups excluding carboxylic acids is 1. The summed E-state index contributed by atoms with van der Waals surface area (Å²) < 4.78 is 1.23. The summed E-state index contributed by atoms with van der Waals surface area (Å²) in [7, 11) is 1.58. The fraction of sp³-hybridized carbons (Fsp3) is 0.615. The second-order valence-electron chi connectivity index (χ2n) is 5.16. The third-order valence-corrected chi connectivity index (χ3v) is 3.91. The van der Waals surface area contributed by atoms with Gasteiger partial charge in [0.25, 0.3) is 5.56 Å². The molecule has 1 saturated heterocycles. The summed E-state index contributed by atoms with van der Waals surface area (Å²) in [5.41, 5.74) is 0.399. The van der Waals surface area contributed by atoms with Crippen LogP contribution >= 0.6 is 11.6 Å². The first-order valence-corrected chi connectivity index (χ1v) is 7.08. The predicted molar refractivity (Wildman–Crippen MR) is 78.1 cm³/mol. The highest BCUT2D eigenvalue weighted by molar-refractivity contribution is 6.33. The van der Waals surface area contributed by atoms with Crippen LogP contribution in [0.2, 0.25) is 5.02 Å². The lowest BCUT2D eigenvalue weighted by Crippen LogP contribution is -2.41. The third kappa shape index (κ3) is 3.30. The summed E-state index contributed by atoms with van der Waals surface area (Å²) in [4.78, 5) is 24.9. The van der Waals surface area contributed by atoms with E-state index in [0.29, 0.717) is 18.2 Å². The van der Waals surface area contributed by atoms with E-state index < -0.39 is 0 Å². The molecule has 1 atom stereocenters. The van der Waals surface area contributed by atoms with Gasteiger partial charge in [0.1, 0.15) is 5.02 Å². The van der Waals surface area contributed by atoms with Gasteiger partial charge >= 0.3 is 0 Å². The summed E-state index contributed by atoms with van der Waals surface area (Å²) >= 11 is 6.12. The molecular weight excluding hydrogens is 280 g/mol. The van der Waals surface area contributed by atoms with Gasteiger partial charge in [-0.15, -0.1) is 0 Å². The van der Waals surface area contributed by atoms with Crippen molar-refractivity contribution in [3.05, 3.63) is 21.6 Å². The Labute approximate surface area is 122 Å². The quantitative estimate of drug-likeness (QED) is 0.896. The van der Waals surface area contributed by atoms with Crippen LogP contribution in [0, 0.1) is 5.92 Å². The van der Waals surface area contributed by atoms with Crippen molar-refractivity contribution in [1.82, 2.24) is 15.1 Å². The fourth-order valence-corrected chi connectivity index (χ4v) is 2.75. The number of carbonyl (C=O) groups is 1. The maximum absolute atomic E-state index is 11.8. The summed E-state index contributed by atoms with van der Waals surface area (Å²) in [6.07, 6.45) is 3.70. The standard InChI is InChI=1S/C13H19ClN4O2/c1-9(19)15-6-10-4-3-5-18(8-10)11-7-16-17(2)13(20)12(11)14/h7,10H,3-6,8H2,1-2H3,(H,15,19). The number of aromatic nitrogens is 2. The van der Waals surface area contributed by atoms with Gasteiger partial charge in [-0.2, -0.15) is 5.10 Å². The molecule has 110 valence electrons. The fourth-order valence-electron chi connectivity index (χ4n) is 2.46. The molecule has 1 fully saturated rings. The zero-order valence-corrected chi connectivity index (χ0v) is 12.5. The number of halogens is 1. The minimum absolute atomic E-state index is 0.0181. The van der Waals surface area contributed by atoms with E-state index in [0.717, 1.165) is 25.9 Å². The molecule has 1 aliphatic rings. The number of hydrogen-bond donors (Lipinski definition) is 1. The number of aryl methyl sites for hydroxylation is 1. The van der Waals surface area contributed by atoms with Crippen LogP contribution in [0.15, 0.2) is 11.0 Å². The number of amides is 1. The molecule has 2 rings (SSSR count). The molecule has 1 aromatic rings. The molecule has 1 aromatic heterocycles. The van der Waals surface area contributed by atoms with Gasteiger partial charge in [-0.05, 0) is 18.8 Å². The van der Waals surface area contributed by atoms with Gasteiger partial charge in [-0.1, -0.05) is 11.6 Å². The van der Waals surface area contributed by atoms with Crippen molar-refractivity contribution < 1.29 is 4.79 Å². The van der Waals surface area contributed by atoms with Gasteiger partial charge < -0.3 is 10.2 Å². The van der Waals surface area contributed by atoms with Crippen LogP contribution in [0.25, 0.3) is 0 Å². The lowest BCUT2D eigenvalue weighted by molar-refractivity contribution is -0.119. The Morgan fingerprint density at radius 1 is 1.60 bits per heavy atom. The van der Waals surface area contributed by atoms with E-state index in [4.69, 9.17) is 11.6 Å². The van der Waals surface area contributed by atoms with Gasteiger partial charge in [0.2, 0.25) is 5.91 Å². The summed E-state index contributed by atoms with van der Waals surface area (Å²) in [5, 5.41) is 7.08. The highest BCUT2D eigenvalue weighted by Crippen LogP contribution is 2.26. The first kappa shape index (κ1) is 14.8. The van der Waals surface area contributed by atoms with Crippen molar-refractivity contribution in [3.8, 4) is 0 Å². The number of anilines is 1. The topological polar surface area (TPSA) is 67.2 Å². The van der Waals surface area contributed by atoms with Crippen LogP contribution in [0.3, 0.4) is 0 Å².